The summed E-state index contributed by atoms with van der Waals surface area (Å²) in [5, 5.41) is 5.24. The van der Waals surface area contributed by atoms with Gasteiger partial charge in [-0.15, -0.1) is 0 Å². The van der Waals surface area contributed by atoms with Gasteiger partial charge in [0.1, 0.15) is 11.6 Å². The van der Waals surface area contributed by atoms with Crippen molar-refractivity contribution >= 4 is 29.1 Å². The second kappa shape index (κ2) is 16.8. The van der Waals surface area contributed by atoms with Gasteiger partial charge < -0.3 is 19.9 Å². The van der Waals surface area contributed by atoms with Gasteiger partial charge in [-0.1, -0.05) is 65.7 Å². The molecule has 3 aromatic rings. The molecule has 0 radical (unpaired) electrons. The minimum Gasteiger partial charge on any atom is -0.493 e. The molecule has 9 heteroatoms. The van der Waals surface area contributed by atoms with Gasteiger partial charge >= 0.3 is 0 Å². The van der Waals surface area contributed by atoms with Crippen LogP contribution in [0.25, 0.3) is 0 Å². The van der Waals surface area contributed by atoms with E-state index in [2.05, 4.69) is 21.2 Å². The van der Waals surface area contributed by atoms with E-state index < -0.39 is 0 Å². The molecule has 242 valence electrons. The molecule has 2 saturated heterocycles. The summed E-state index contributed by atoms with van der Waals surface area (Å²) in [6, 6.07) is 20.7. The topological polar surface area (TPSA) is 48.1 Å². The highest BCUT2D eigenvalue weighted by Crippen LogP contribution is 2.26. The summed E-state index contributed by atoms with van der Waals surface area (Å²) in [5.41, 5.74) is 2.85. The van der Waals surface area contributed by atoms with Gasteiger partial charge in [-0.2, -0.15) is 0 Å². The lowest BCUT2D eigenvalue weighted by atomic mass is 9.88. The molecule has 1 N–H and O–H groups in total. The van der Waals surface area contributed by atoms with Crippen molar-refractivity contribution in [2.45, 2.75) is 45.2 Å². The van der Waals surface area contributed by atoms with E-state index in [1.54, 1.807) is 6.07 Å². The van der Waals surface area contributed by atoms with E-state index in [0.717, 1.165) is 60.9 Å². The molecule has 0 saturated carbocycles. The van der Waals surface area contributed by atoms with Crippen molar-refractivity contribution in [2.75, 3.05) is 59.0 Å². The van der Waals surface area contributed by atoms with Crippen molar-refractivity contribution < 1.29 is 13.9 Å². The first-order valence-electron chi connectivity index (χ1n) is 16.3. The zero-order chi connectivity index (χ0) is 31.6. The molecule has 2 fully saturated rings. The average molecular weight is 656 g/mol. The summed E-state index contributed by atoms with van der Waals surface area (Å²) in [6.07, 6.45) is 3.61. The lowest BCUT2D eigenvalue weighted by molar-refractivity contribution is -0.137. The number of hydrogen-bond donors (Lipinski definition) is 1. The maximum absolute atomic E-state index is 14.7. The third-order valence-corrected chi connectivity index (χ3v) is 9.92. The molecule has 0 aromatic heterocycles. The lowest BCUT2D eigenvalue weighted by Crippen LogP contribution is -2.57. The van der Waals surface area contributed by atoms with Crippen LogP contribution < -0.4 is 10.1 Å². The highest BCUT2D eigenvalue weighted by molar-refractivity contribution is 6.31. The van der Waals surface area contributed by atoms with Gasteiger partial charge in [0.2, 0.25) is 5.91 Å². The molecule has 0 spiro atoms. The van der Waals surface area contributed by atoms with Gasteiger partial charge in [0.25, 0.3) is 0 Å². The van der Waals surface area contributed by atoms with Gasteiger partial charge in [0, 0.05) is 54.9 Å². The molecule has 5 rings (SSSR count). The van der Waals surface area contributed by atoms with Crippen LogP contribution in [0.2, 0.25) is 10.0 Å². The van der Waals surface area contributed by atoms with Crippen LogP contribution in [0.4, 0.5) is 4.39 Å². The summed E-state index contributed by atoms with van der Waals surface area (Å²) < 4.78 is 20.4. The van der Waals surface area contributed by atoms with Gasteiger partial charge in [0.05, 0.1) is 12.6 Å². The second-order valence-electron chi connectivity index (χ2n) is 12.0. The maximum Gasteiger partial charge on any atom is 0.240 e. The number of likely N-dealkylation sites (tertiary alicyclic amines) is 1. The number of carbonyl (C=O) groups excluding carboxylic acids is 1. The Kier molecular flexibility index (Phi) is 12.5. The van der Waals surface area contributed by atoms with E-state index >= 15 is 0 Å². The standard InChI is InChI=1S/C36H45Cl2FN4O2/c1-2-45-34-13-7-12-33(39)30(34)26-42-22-24-43(25-23-42)36(44)35(40-18-14-27-8-3-5-10-31(27)37)29-16-20-41(21-17-29)19-15-28-9-4-6-11-32(28)38/h3-13,29,35,40H,2,14-26H2,1H3/t35-/m1/s1. The van der Waals surface area contributed by atoms with Crippen molar-refractivity contribution in [3.05, 3.63) is 99.3 Å². The SMILES string of the molecule is CCOc1cccc(F)c1CN1CCN(C(=O)[C@H](NCCc2ccccc2Cl)C2CCN(CCc3ccccc3Cl)CC2)CC1. The Morgan fingerprint density at radius 1 is 0.867 bits per heavy atom. The maximum atomic E-state index is 14.7. The molecule has 1 atom stereocenters. The fourth-order valence-electron chi connectivity index (χ4n) is 6.54. The summed E-state index contributed by atoms with van der Waals surface area (Å²) in [7, 11) is 0. The quantitative estimate of drug-likeness (QED) is 0.233. The van der Waals surface area contributed by atoms with Gasteiger partial charge in [-0.05, 0) is 93.6 Å². The smallest absolute Gasteiger partial charge is 0.240 e. The third kappa shape index (κ3) is 9.20. The largest absolute Gasteiger partial charge is 0.493 e. The number of piperidine rings is 1. The van der Waals surface area contributed by atoms with Crippen molar-refractivity contribution in [3.63, 3.8) is 0 Å². The van der Waals surface area contributed by atoms with Gasteiger partial charge in [0.15, 0.2) is 0 Å². The van der Waals surface area contributed by atoms with Crippen molar-refractivity contribution in [1.82, 2.24) is 20.0 Å². The van der Waals surface area contributed by atoms with Crippen LogP contribution in [0.5, 0.6) is 5.75 Å². The highest BCUT2D eigenvalue weighted by atomic mass is 35.5. The van der Waals surface area contributed by atoms with E-state index in [0.29, 0.717) is 57.2 Å². The summed E-state index contributed by atoms with van der Waals surface area (Å²) in [6.45, 7) is 9.06. The first-order chi connectivity index (χ1) is 21.9. The normalized spacial score (nSPS) is 17.4. The molecular formula is C36H45Cl2FN4O2. The number of amides is 1. The number of nitrogens with zero attached hydrogens (tertiary/aromatic N) is 3. The Hall–Kier alpha value is -2.68. The number of piperazine rings is 1. The Morgan fingerprint density at radius 2 is 1.51 bits per heavy atom. The number of hydrogen-bond acceptors (Lipinski definition) is 5. The number of ether oxygens (including phenoxy) is 1. The molecule has 0 aliphatic carbocycles. The molecule has 3 aromatic carbocycles. The Bertz CT molecular complexity index is 1390. The number of carbonyl (C=O) groups is 1. The number of halogens is 3. The van der Waals surface area contributed by atoms with E-state index in [1.165, 1.54) is 11.6 Å². The van der Waals surface area contributed by atoms with E-state index in [4.69, 9.17) is 27.9 Å². The monoisotopic (exact) mass is 654 g/mol. The first kappa shape index (κ1) is 33.7. The Labute approximate surface area is 277 Å². The fraction of sp³-hybridized carbons (Fsp3) is 0.472. The van der Waals surface area contributed by atoms with Crippen LogP contribution in [0, 0.1) is 11.7 Å². The van der Waals surface area contributed by atoms with Crippen LogP contribution in [0.15, 0.2) is 66.7 Å². The van der Waals surface area contributed by atoms with E-state index in [-0.39, 0.29) is 23.7 Å². The zero-order valence-corrected chi connectivity index (χ0v) is 27.7. The zero-order valence-electron chi connectivity index (χ0n) is 26.2. The second-order valence-corrected chi connectivity index (χ2v) is 12.9. The minimum absolute atomic E-state index is 0.171. The molecule has 2 aliphatic rings. The van der Waals surface area contributed by atoms with Crippen LogP contribution in [-0.2, 0) is 24.2 Å². The average Bonchev–Trinajstić information content (AvgIpc) is 3.06. The van der Waals surface area contributed by atoms with Crippen molar-refractivity contribution in [3.8, 4) is 5.75 Å². The third-order valence-electron chi connectivity index (χ3n) is 9.18. The molecule has 1 amide bonds. The van der Waals surface area contributed by atoms with Crippen molar-refractivity contribution in [2.24, 2.45) is 5.92 Å². The van der Waals surface area contributed by atoms with E-state index in [1.807, 2.05) is 60.4 Å². The summed E-state index contributed by atoms with van der Waals surface area (Å²) in [4.78, 5) is 20.8. The predicted molar refractivity (Wildman–Crippen MR) is 181 cm³/mol. The number of nitrogens with one attached hydrogen (secondary N) is 1. The van der Waals surface area contributed by atoms with E-state index in [9.17, 15) is 9.18 Å². The molecule has 2 heterocycles. The minimum atomic E-state index is -0.250. The molecule has 0 unspecified atom stereocenters. The predicted octanol–water partition coefficient (Wildman–Crippen LogP) is 6.33. The summed E-state index contributed by atoms with van der Waals surface area (Å²) in [5.74, 6) is 0.771. The van der Waals surface area contributed by atoms with Crippen LogP contribution in [-0.4, -0.2) is 85.6 Å². The van der Waals surface area contributed by atoms with Crippen LogP contribution >= 0.6 is 23.2 Å². The molecule has 45 heavy (non-hydrogen) atoms. The highest BCUT2D eigenvalue weighted by Gasteiger charge is 2.35. The lowest BCUT2D eigenvalue weighted by Gasteiger charge is -2.40. The van der Waals surface area contributed by atoms with Gasteiger partial charge in [-0.25, -0.2) is 4.39 Å². The summed E-state index contributed by atoms with van der Waals surface area (Å²) >= 11 is 12.8. The molecule has 0 bridgehead atoms. The Morgan fingerprint density at radius 3 is 2.16 bits per heavy atom. The van der Waals surface area contributed by atoms with Crippen LogP contribution in [0.3, 0.4) is 0 Å². The number of benzene rings is 3. The van der Waals surface area contributed by atoms with Crippen LogP contribution in [0.1, 0.15) is 36.5 Å². The van der Waals surface area contributed by atoms with Gasteiger partial charge in [-0.3, -0.25) is 9.69 Å². The molecular weight excluding hydrogens is 610 g/mol. The van der Waals surface area contributed by atoms with Crippen molar-refractivity contribution in [1.29, 1.82) is 0 Å². The molecule has 6 nitrogen and oxygen atoms in total. The molecule has 2 aliphatic heterocycles. The first-order valence-corrected chi connectivity index (χ1v) is 17.0. The Balaban J connectivity index is 1.18. The number of rotatable bonds is 13. The fourth-order valence-corrected chi connectivity index (χ4v) is 7.00.